The Morgan fingerprint density at radius 3 is 2.92 bits per heavy atom. The Morgan fingerprint density at radius 2 is 2.08 bits per heavy atom. The smallest absolute Gasteiger partial charge is 0.339 e. The topological polar surface area (TPSA) is 59.8 Å². The van der Waals surface area contributed by atoms with Crippen molar-refractivity contribution in [1.82, 2.24) is 4.90 Å². The third-order valence-corrected chi connectivity index (χ3v) is 5.73. The Labute approximate surface area is 152 Å². The number of carbonyl (C=O) groups is 1. The molecule has 2 heterocycles. The second kappa shape index (κ2) is 7.14. The third-order valence-electron chi connectivity index (χ3n) is 5.73. The second-order valence-corrected chi connectivity index (χ2v) is 7.29. The number of piperidine rings is 1. The molecule has 0 spiro atoms. The standard InChI is InChI=1S/C21H25NO4/c1-2-14-6-3-4-11-22(14)20(23)13-25-15-9-10-17-16-7-5-8-18(16)21(24)26-19(17)12-15/h9-10,12,14H,2-8,11,13H2,1H3/t14-/m0/s1. The Hall–Kier alpha value is -2.30. The lowest BCUT2D eigenvalue weighted by molar-refractivity contribution is -0.137. The van der Waals surface area contributed by atoms with Crippen molar-refractivity contribution in [2.45, 2.75) is 57.9 Å². The summed E-state index contributed by atoms with van der Waals surface area (Å²) in [5, 5.41) is 0.984. The predicted molar refractivity (Wildman–Crippen MR) is 99.6 cm³/mol. The number of hydrogen-bond acceptors (Lipinski definition) is 4. The Kier molecular flexibility index (Phi) is 4.70. The number of fused-ring (bicyclic) bond motifs is 3. The van der Waals surface area contributed by atoms with Crippen LogP contribution in [0.5, 0.6) is 5.75 Å². The summed E-state index contributed by atoms with van der Waals surface area (Å²) in [7, 11) is 0. The van der Waals surface area contributed by atoms with E-state index in [1.54, 1.807) is 6.07 Å². The summed E-state index contributed by atoms with van der Waals surface area (Å²) in [6, 6.07) is 5.87. The van der Waals surface area contributed by atoms with Gasteiger partial charge in [-0.1, -0.05) is 6.92 Å². The highest BCUT2D eigenvalue weighted by molar-refractivity contribution is 5.83. The number of benzene rings is 1. The Balaban J connectivity index is 1.50. The number of nitrogens with zero attached hydrogens (tertiary/aromatic N) is 1. The van der Waals surface area contributed by atoms with E-state index in [4.69, 9.17) is 9.15 Å². The first-order valence-electron chi connectivity index (χ1n) is 9.68. The number of hydrogen-bond donors (Lipinski definition) is 0. The fraction of sp³-hybridized carbons (Fsp3) is 0.524. The van der Waals surface area contributed by atoms with Gasteiger partial charge in [0.05, 0.1) is 0 Å². The number of carbonyl (C=O) groups excluding carboxylic acids is 1. The van der Waals surface area contributed by atoms with Crippen molar-refractivity contribution in [3.05, 3.63) is 39.7 Å². The maximum atomic E-state index is 12.5. The van der Waals surface area contributed by atoms with E-state index in [2.05, 4.69) is 6.92 Å². The largest absolute Gasteiger partial charge is 0.484 e. The fourth-order valence-corrected chi connectivity index (χ4v) is 4.34. The van der Waals surface area contributed by atoms with Crippen molar-refractivity contribution in [2.75, 3.05) is 13.2 Å². The molecule has 0 unspecified atom stereocenters. The highest BCUT2D eigenvalue weighted by Gasteiger charge is 2.25. The van der Waals surface area contributed by atoms with Crippen LogP contribution in [0.4, 0.5) is 0 Å². The summed E-state index contributed by atoms with van der Waals surface area (Å²) < 4.78 is 11.2. The molecule has 4 rings (SSSR count). The van der Waals surface area contributed by atoms with Crippen LogP contribution in [0.25, 0.3) is 11.0 Å². The molecule has 0 radical (unpaired) electrons. The second-order valence-electron chi connectivity index (χ2n) is 7.29. The van der Waals surface area contributed by atoms with E-state index in [0.717, 1.165) is 61.6 Å². The zero-order chi connectivity index (χ0) is 18.1. The van der Waals surface area contributed by atoms with Crippen LogP contribution in [0, 0.1) is 0 Å². The molecule has 1 fully saturated rings. The van der Waals surface area contributed by atoms with E-state index in [-0.39, 0.29) is 18.1 Å². The molecule has 1 aliphatic heterocycles. The van der Waals surface area contributed by atoms with Gasteiger partial charge in [-0.05, 0) is 62.6 Å². The normalized spacial score (nSPS) is 19.6. The zero-order valence-electron chi connectivity index (χ0n) is 15.3. The van der Waals surface area contributed by atoms with Crippen molar-refractivity contribution < 1.29 is 13.9 Å². The molecule has 0 saturated carbocycles. The zero-order valence-corrected chi connectivity index (χ0v) is 15.3. The molecule has 1 amide bonds. The quantitative estimate of drug-likeness (QED) is 0.788. The average Bonchev–Trinajstić information content (AvgIpc) is 3.16. The first-order valence-corrected chi connectivity index (χ1v) is 9.68. The summed E-state index contributed by atoms with van der Waals surface area (Å²) in [5.74, 6) is 0.601. The lowest BCUT2D eigenvalue weighted by atomic mass is 10.00. The van der Waals surface area contributed by atoms with Gasteiger partial charge in [-0.2, -0.15) is 0 Å². The molecule has 1 aromatic heterocycles. The molecule has 138 valence electrons. The van der Waals surface area contributed by atoms with Gasteiger partial charge >= 0.3 is 5.63 Å². The maximum absolute atomic E-state index is 12.5. The van der Waals surface area contributed by atoms with Gasteiger partial charge in [-0.25, -0.2) is 4.79 Å². The van der Waals surface area contributed by atoms with Crippen LogP contribution in [0.3, 0.4) is 0 Å². The molecule has 0 bridgehead atoms. The minimum Gasteiger partial charge on any atom is -0.484 e. The van der Waals surface area contributed by atoms with Crippen molar-refractivity contribution in [2.24, 2.45) is 0 Å². The molecule has 5 heteroatoms. The van der Waals surface area contributed by atoms with Crippen molar-refractivity contribution in [1.29, 1.82) is 0 Å². The lowest BCUT2D eigenvalue weighted by Gasteiger charge is -2.35. The lowest BCUT2D eigenvalue weighted by Crippen LogP contribution is -2.45. The maximum Gasteiger partial charge on any atom is 0.339 e. The van der Waals surface area contributed by atoms with Crippen LogP contribution in [-0.4, -0.2) is 30.0 Å². The van der Waals surface area contributed by atoms with E-state index in [9.17, 15) is 9.59 Å². The van der Waals surface area contributed by atoms with Gasteiger partial charge in [-0.3, -0.25) is 4.79 Å². The molecule has 1 aliphatic carbocycles. The van der Waals surface area contributed by atoms with Gasteiger partial charge in [0.2, 0.25) is 0 Å². The number of ether oxygens (including phenoxy) is 1. The van der Waals surface area contributed by atoms with Gasteiger partial charge in [0.25, 0.3) is 5.91 Å². The van der Waals surface area contributed by atoms with Crippen molar-refractivity contribution in [3.63, 3.8) is 0 Å². The molecule has 2 aliphatic rings. The van der Waals surface area contributed by atoms with Gasteiger partial charge in [0, 0.05) is 29.6 Å². The molecule has 1 aromatic carbocycles. The fourth-order valence-electron chi connectivity index (χ4n) is 4.34. The first kappa shape index (κ1) is 17.1. The minimum atomic E-state index is -0.239. The van der Waals surface area contributed by atoms with Gasteiger partial charge < -0.3 is 14.1 Å². The van der Waals surface area contributed by atoms with Crippen LogP contribution >= 0.6 is 0 Å². The predicted octanol–water partition coefficient (Wildman–Crippen LogP) is 3.45. The van der Waals surface area contributed by atoms with E-state index in [1.807, 2.05) is 17.0 Å². The van der Waals surface area contributed by atoms with Gasteiger partial charge in [0.15, 0.2) is 6.61 Å². The summed E-state index contributed by atoms with van der Waals surface area (Å²) in [6.45, 7) is 2.97. The van der Waals surface area contributed by atoms with Crippen LogP contribution in [0.15, 0.2) is 27.4 Å². The number of aryl methyl sites for hydroxylation is 1. The number of amides is 1. The van der Waals surface area contributed by atoms with E-state index in [1.165, 1.54) is 6.42 Å². The number of rotatable bonds is 4. The van der Waals surface area contributed by atoms with Crippen molar-refractivity contribution in [3.8, 4) is 5.75 Å². The molecular weight excluding hydrogens is 330 g/mol. The monoisotopic (exact) mass is 355 g/mol. The summed E-state index contributed by atoms with van der Waals surface area (Å²) in [5.41, 5.74) is 2.23. The van der Waals surface area contributed by atoms with Crippen molar-refractivity contribution >= 4 is 16.9 Å². The number of likely N-dealkylation sites (tertiary alicyclic amines) is 1. The molecule has 0 N–H and O–H groups in total. The highest BCUT2D eigenvalue weighted by atomic mass is 16.5. The average molecular weight is 355 g/mol. The summed E-state index contributed by atoms with van der Waals surface area (Å²) >= 11 is 0. The minimum absolute atomic E-state index is 0.0250. The van der Waals surface area contributed by atoms with E-state index >= 15 is 0 Å². The molecule has 26 heavy (non-hydrogen) atoms. The molecular formula is C21H25NO4. The van der Waals surface area contributed by atoms with E-state index < -0.39 is 0 Å². The molecule has 5 nitrogen and oxygen atoms in total. The van der Waals surface area contributed by atoms with Crippen LogP contribution < -0.4 is 10.4 Å². The van der Waals surface area contributed by atoms with Crippen LogP contribution in [-0.2, 0) is 17.6 Å². The van der Waals surface area contributed by atoms with Gasteiger partial charge in [0.1, 0.15) is 11.3 Å². The molecule has 2 aromatic rings. The molecule has 1 atom stereocenters. The summed E-state index contributed by atoms with van der Waals surface area (Å²) in [6.07, 6.45) is 7.04. The van der Waals surface area contributed by atoms with E-state index in [0.29, 0.717) is 17.4 Å². The summed E-state index contributed by atoms with van der Waals surface area (Å²) in [4.78, 5) is 26.6. The Morgan fingerprint density at radius 1 is 1.23 bits per heavy atom. The SMILES string of the molecule is CC[C@H]1CCCCN1C(=O)COc1ccc2c3c(c(=O)oc2c1)CCC3. The third kappa shape index (κ3) is 3.11. The first-order chi connectivity index (χ1) is 12.7. The Bertz CT molecular complexity index is 885. The molecule has 1 saturated heterocycles. The van der Waals surface area contributed by atoms with Crippen LogP contribution in [0.1, 0.15) is 50.2 Å². The van der Waals surface area contributed by atoms with Crippen LogP contribution in [0.2, 0.25) is 0 Å². The van der Waals surface area contributed by atoms with Gasteiger partial charge in [-0.15, -0.1) is 0 Å². The highest BCUT2D eigenvalue weighted by Crippen LogP contribution is 2.29.